The Morgan fingerprint density at radius 1 is 1.10 bits per heavy atom. The van der Waals surface area contributed by atoms with E-state index in [1.807, 2.05) is 16.9 Å². The van der Waals surface area contributed by atoms with E-state index in [0.29, 0.717) is 5.69 Å². The van der Waals surface area contributed by atoms with Gasteiger partial charge in [-0.2, -0.15) is 4.72 Å². The second kappa shape index (κ2) is 10.7. The number of halogens is 1. The summed E-state index contributed by atoms with van der Waals surface area (Å²) in [6.07, 6.45) is 3.15. The normalized spacial score (nSPS) is 11.1. The maximum Gasteiger partial charge on any atom is 0.321 e. The van der Waals surface area contributed by atoms with Gasteiger partial charge < -0.3 is 10.1 Å². The number of ether oxygens (including phenoxy) is 1. The molecule has 0 fully saturated rings. The third-order valence-electron chi connectivity index (χ3n) is 3.93. The van der Waals surface area contributed by atoms with Crippen molar-refractivity contribution in [1.82, 2.24) is 4.72 Å². The lowest BCUT2D eigenvalue weighted by Gasteiger charge is -2.09. The Morgan fingerprint density at radius 2 is 1.83 bits per heavy atom. The van der Waals surface area contributed by atoms with E-state index in [0.717, 1.165) is 31.4 Å². The summed E-state index contributed by atoms with van der Waals surface area (Å²) in [5.74, 6) is -2.20. The van der Waals surface area contributed by atoms with Crippen LogP contribution in [0, 0.1) is 5.82 Å². The van der Waals surface area contributed by atoms with Gasteiger partial charge >= 0.3 is 5.97 Å². The van der Waals surface area contributed by atoms with Crippen LogP contribution in [0.4, 0.5) is 10.1 Å². The molecular weight excluding hydrogens is 399 g/mol. The number of carbonyl (C=O) groups excluding carboxylic acids is 2. The minimum atomic E-state index is -4.07. The number of amides is 1. The van der Waals surface area contributed by atoms with Crippen LogP contribution in [0.3, 0.4) is 0 Å². The topological polar surface area (TPSA) is 102 Å². The van der Waals surface area contributed by atoms with E-state index in [4.69, 9.17) is 4.74 Å². The van der Waals surface area contributed by atoms with E-state index in [-0.39, 0.29) is 4.90 Å². The fraction of sp³-hybridized carbons (Fsp3) is 0.300. The van der Waals surface area contributed by atoms with Gasteiger partial charge in [0.05, 0.1) is 4.90 Å². The summed E-state index contributed by atoms with van der Waals surface area (Å²) in [4.78, 5) is 23.2. The predicted molar refractivity (Wildman–Crippen MR) is 106 cm³/mol. The molecule has 7 nitrogen and oxygen atoms in total. The highest BCUT2D eigenvalue weighted by atomic mass is 32.2. The van der Waals surface area contributed by atoms with Gasteiger partial charge in [-0.15, -0.1) is 0 Å². The fourth-order valence-electron chi connectivity index (χ4n) is 2.40. The van der Waals surface area contributed by atoms with Crippen molar-refractivity contribution in [3.8, 4) is 0 Å². The number of esters is 1. The van der Waals surface area contributed by atoms with E-state index in [2.05, 4.69) is 12.2 Å². The summed E-state index contributed by atoms with van der Waals surface area (Å²) in [5.41, 5.74) is 1.74. The molecule has 2 N–H and O–H groups in total. The number of anilines is 1. The van der Waals surface area contributed by atoms with E-state index in [9.17, 15) is 22.4 Å². The van der Waals surface area contributed by atoms with Gasteiger partial charge in [0, 0.05) is 5.69 Å². The highest BCUT2D eigenvalue weighted by Crippen LogP contribution is 2.12. The molecular formula is C20H23FN2O5S. The maximum atomic E-state index is 13.1. The fourth-order valence-corrected chi connectivity index (χ4v) is 3.40. The molecule has 0 saturated heterocycles. The zero-order valence-corrected chi connectivity index (χ0v) is 16.8. The van der Waals surface area contributed by atoms with Gasteiger partial charge in [0.1, 0.15) is 12.4 Å². The van der Waals surface area contributed by atoms with Crippen molar-refractivity contribution < 1.29 is 27.1 Å². The molecule has 1 amide bonds. The number of hydrogen-bond acceptors (Lipinski definition) is 5. The summed E-state index contributed by atoms with van der Waals surface area (Å²) < 4.78 is 43.9. The minimum absolute atomic E-state index is 0.314. The van der Waals surface area contributed by atoms with Crippen LogP contribution in [0.15, 0.2) is 53.4 Å². The molecule has 0 aliphatic rings. The van der Waals surface area contributed by atoms with Crippen LogP contribution in [0.2, 0.25) is 0 Å². The predicted octanol–water partition coefficient (Wildman–Crippen LogP) is 2.63. The molecule has 0 bridgehead atoms. The van der Waals surface area contributed by atoms with E-state index >= 15 is 0 Å². The molecule has 2 aromatic rings. The lowest BCUT2D eigenvalue weighted by molar-refractivity contribution is -0.146. The molecule has 156 valence electrons. The van der Waals surface area contributed by atoms with Gasteiger partial charge in [0.2, 0.25) is 10.0 Å². The molecule has 0 radical (unpaired) electrons. The van der Waals surface area contributed by atoms with Crippen LogP contribution in [0.1, 0.15) is 25.3 Å². The van der Waals surface area contributed by atoms with Gasteiger partial charge in [-0.05, 0) is 48.7 Å². The first-order chi connectivity index (χ1) is 13.8. The third kappa shape index (κ3) is 7.63. The summed E-state index contributed by atoms with van der Waals surface area (Å²) in [6, 6.07) is 11.7. The Morgan fingerprint density at radius 3 is 2.48 bits per heavy atom. The number of benzene rings is 2. The number of carbonyl (C=O) groups is 2. The van der Waals surface area contributed by atoms with Crippen molar-refractivity contribution >= 4 is 27.6 Å². The van der Waals surface area contributed by atoms with Crippen molar-refractivity contribution in [3.05, 3.63) is 59.9 Å². The van der Waals surface area contributed by atoms with Crippen LogP contribution in [0.5, 0.6) is 0 Å². The number of unbranched alkanes of at least 4 members (excludes halogenated alkanes) is 1. The second-order valence-corrected chi connectivity index (χ2v) is 8.06. The molecule has 0 atom stereocenters. The van der Waals surface area contributed by atoms with Gasteiger partial charge in [0.15, 0.2) is 6.61 Å². The highest BCUT2D eigenvalue weighted by molar-refractivity contribution is 7.89. The molecule has 2 rings (SSSR count). The Bertz CT molecular complexity index is 946. The average Bonchev–Trinajstić information content (AvgIpc) is 2.70. The first-order valence-electron chi connectivity index (χ1n) is 9.10. The lowest BCUT2D eigenvalue weighted by Crippen LogP contribution is -2.32. The lowest BCUT2D eigenvalue weighted by atomic mass is 10.1. The smallest absolute Gasteiger partial charge is 0.321 e. The molecule has 0 saturated carbocycles. The number of nitrogens with one attached hydrogen (secondary N) is 2. The Labute approximate surface area is 169 Å². The van der Waals surface area contributed by atoms with Gasteiger partial charge in [-0.1, -0.05) is 31.5 Å². The molecule has 29 heavy (non-hydrogen) atoms. The van der Waals surface area contributed by atoms with Crippen molar-refractivity contribution in [2.24, 2.45) is 0 Å². The van der Waals surface area contributed by atoms with Crippen molar-refractivity contribution in [2.45, 2.75) is 31.1 Å². The van der Waals surface area contributed by atoms with Crippen LogP contribution in [-0.4, -0.2) is 33.4 Å². The molecule has 0 aliphatic heterocycles. The average molecular weight is 422 g/mol. The van der Waals surface area contributed by atoms with Gasteiger partial charge in [0.25, 0.3) is 5.91 Å². The van der Waals surface area contributed by atoms with E-state index < -0.39 is 40.9 Å². The number of hydrogen-bond donors (Lipinski definition) is 2. The molecule has 0 unspecified atom stereocenters. The molecule has 0 spiro atoms. The first-order valence-corrected chi connectivity index (χ1v) is 10.6. The van der Waals surface area contributed by atoms with E-state index in [1.165, 1.54) is 17.7 Å². The Balaban J connectivity index is 1.76. The van der Waals surface area contributed by atoms with E-state index in [1.54, 1.807) is 12.1 Å². The first kappa shape index (κ1) is 22.5. The number of rotatable bonds is 10. The molecule has 0 aromatic heterocycles. The summed E-state index contributed by atoms with van der Waals surface area (Å²) in [6.45, 7) is 0.874. The van der Waals surface area contributed by atoms with Crippen molar-refractivity contribution in [3.63, 3.8) is 0 Å². The third-order valence-corrected chi connectivity index (χ3v) is 5.33. The monoisotopic (exact) mass is 422 g/mol. The SMILES string of the molecule is CCCCc1ccc(NC(=O)COC(=O)CNS(=O)(=O)c2cccc(F)c2)cc1. The van der Waals surface area contributed by atoms with Crippen LogP contribution in [0.25, 0.3) is 0 Å². The van der Waals surface area contributed by atoms with Gasteiger partial charge in [-0.25, -0.2) is 12.8 Å². The summed E-state index contributed by atoms with van der Waals surface area (Å²) in [7, 11) is -4.07. The minimum Gasteiger partial charge on any atom is -0.455 e. The molecule has 9 heteroatoms. The largest absolute Gasteiger partial charge is 0.455 e. The van der Waals surface area contributed by atoms with Crippen molar-refractivity contribution in [2.75, 3.05) is 18.5 Å². The standard InChI is InChI=1S/C20H23FN2O5S/c1-2-3-5-15-8-10-17(11-9-15)23-19(24)14-28-20(25)13-22-29(26,27)18-7-4-6-16(21)12-18/h4,6-12,22H,2-3,5,13-14H2,1H3,(H,23,24). The van der Waals surface area contributed by atoms with Crippen LogP contribution >= 0.6 is 0 Å². The van der Waals surface area contributed by atoms with Crippen LogP contribution in [-0.2, 0) is 30.8 Å². The maximum absolute atomic E-state index is 13.1. The molecule has 0 heterocycles. The zero-order chi connectivity index (χ0) is 21.3. The summed E-state index contributed by atoms with van der Waals surface area (Å²) in [5, 5.41) is 2.59. The van der Waals surface area contributed by atoms with Crippen LogP contribution < -0.4 is 10.0 Å². The van der Waals surface area contributed by atoms with Crippen molar-refractivity contribution in [1.29, 1.82) is 0 Å². The quantitative estimate of drug-likeness (QED) is 0.573. The Kier molecular flexibility index (Phi) is 8.29. The Hall–Kier alpha value is -2.78. The highest BCUT2D eigenvalue weighted by Gasteiger charge is 2.17. The summed E-state index contributed by atoms with van der Waals surface area (Å²) >= 11 is 0. The molecule has 0 aliphatic carbocycles. The zero-order valence-electron chi connectivity index (χ0n) is 16.0. The second-order valence-electron chi connectivity index (χ2n) is 6.29. The number of sulfonamides is 1. The number of aryl methyl sites for hydroxylation is 1. The van der Waals surface area contributed by atoms with Gasteiger partial charge in [-0.3, -0.25) is 9.59 Å². The molecule has 2 aromatic carbocycles.